The van der Waals surface area contributed by atoms with Gasteiger partial charge in [-0.25, -0.2) is 4.79 Å². The Labute approximate surface area is 128 Å². The molecule has 0 aromatic heterocycles. The number of nitro benzene ring substituents is 1. The molecule has 0 radical (unpaired) electrons. The van der Waals surface area contributed by atoms with Crippen molar-refractivity contribution >= 4 is 17.7 Å². The van der Waals surface area contributed by atoms with Gasteiger partial charge in [0.05, 0.1) is 4.92 Å². The van der Waals surface area contributed by atoms with Gasteiger partial charge in [0.2, 0.25) is 5.75 Å². The summed E-state index contributed by atoms with van der Waals surface area (Å²) in [6, 6.07) is 13.5. The highest BCUT2D eigenvalue weighted by Crippen LogP contribution is 2.25. The number of hydrogen-bond donors (Lipinski definition) is 0. The smallest absolute Gasteiger partial charge is 0.336 e. The molecule has 22 heavy (non-hydrogen) atoms. The van der Waals surface area contributed by atoms with Crippen molar-refractivity contribution in [2.24, 2.45) is 0 Å². The maximum Gasteiger partial charge on any atom is 0.336 e. The standard InChI is InChI=1S/C17H15NO4/c1-2-13-7-9-14(10-8-13)11-12-17(19)22-16-6-4-3-5-15(16)18(20)21/h3-12H,2H2,1H3. The number of esters is 1. The number of para-hydroxylation sites is 2. The van der Waals surface area contributed by atoms with Crippen LogP contribution in [0.2, 0.25) is 0 Å². The first-order chi connectivity index (χ1) is 10.6. The van der Waals surface area contributed by atoms with Crippen LogP contribution in [0, 0.1) is 10.1 Å². The first-order valence-corrected chi connectivity index (χ1v) is 6.82. The maximum absolute atomic E-state index is 11.8. The molecule has 0 unspecified atom stereocenters. The molecule has 0 aliphatic carbocycles. The number of benzene rings is 2. The van der Waals surface area contributed by atoms with E-state index in [0.717, 1.165) is 12.0 Å². The first-order valence-electron chi connectivity index (χ1n) is 6.82. The van der Waals surface area contributed by atoms with Crippen molar-refractivity contribution in [2.45, 2.75) is 13.3 Å². The van der Waals surface area contributed by atoms with Gasteiger partial charge >= 0.3 is 11.7 Å². The van der Waals surface area contributed by atoms with Gasteiger partial charge in [0.25, 0.3) is 0 Å². The summed E-state index contributed by atoms with van der Waals surface area (Å²) in [7, 11) is 0. The number of rotatable bonds is 5. The molecule has 5 heteroatoms. The van der Waals surface area contributed by atoms with Gasteiger partial charge in [-0.1, -0.05) is 43.3 Å². The molecule has 0 N–H and O–H groups in total. The van der Waals surface area contributed by atoms with Crippen molar-refractivity contribution in [1.82, 2.24) is 0 Å². The fourth-order valence-electron chi connectivity index (χ4n) is 1.87. The van der Waals surface area contributed by atoms with Gasteiger partial charge in [0, 0.05) is 12.1 Å². The fourth-order valence-corrected chi connectivity index (χ4v) is 1.87. The average molecular weight is 297 g/mol. The summed E-state index contributed by atoms with van der Waals surface area (Å²) in [5.41, 5.74) is 1.83. The molecule has 2 rings (SSSR count). The molecular formula is C17H15NO4. The number of nitro groups is 1. The molecule has 0 fully saturated rings. The van der Waals surface area contributed by atoms with Crippen molar-refractivity contribution in [3.05, 3.63) is 75.8 Å². The Kier molecular flexibility index (Phi) is 5.03. The second-order valence-electron chi connectivity index (χ2n) is 4.57. The highest BCUT2D eigenvalue weighted by Gasteiger charge is 2.15. The minimum Gasteiger partial charge on any atom is -0.416 e. The molecule has 0 atom stereocenters. The predicted octanol–water partition coefficient (Wildman–Crippen LogP) is 3.78. The summed E-state index contributed by atoms with van der Waals surface area (Å²) in [6.07, 6.45) is 3.80. The van der Waals surface area contributed by atoms with Crippen molar-refractivity contribution in [3.8, 4) is 5.75 Å². The van der Waals surface area contributed by atoms with Crippen molar-refractivity contribution in [1.29, 1.82) is 0 Å². The van der Waals surface area contributed by atoms with Crippen LogP contribution in [-0.4, -0.2) is 10.9 Å². The molecule has 0 aliphatic heterocycles. The van der Waals surface area contributed by atoms with E-state index in [1.807, 2.05) is 24.3 Å². The lowest BCUT2D eigenvalue weighted by Gasteiger charge is -2.02. The van der Waals surface area contributed by atoms with Gasteiger partial charge in [-0.2, -0.15) is 0 Å². The van der Waals surface area contributed by atoms with E-state index in [0.29, 0.717) is 0 Å². The lowest BCUT2D eigenvalue weighted by Crippen LogP contribution is -2.05. The summed E-state index contributed by atoms with van der Waals surface area (Å²) < 4.78 is 5.01. The van der Waals surface area contributed by atoms with Crippen LogP contribution in [0.3, 0.4) is 0 Å². The summed E-state index contributed by atoms with van der Waals surface area (Å²) >= 11 is 0. The quantitative estimate of drug-likeness (QED) is 0.277. The van der Waals surface area contributed by atoms with E-state index in [9.17, 15) is 14.9 Å². The SMILES string of the molecule is CCc1ccc(C=CC(=O)Oc2ccccc2[N+](=O)[O-])cc1. The zero-order valence-electron chi connectivity index (χ0n) is 12.1. The highest BCUT2D eigenvalue weighted by molar-refractivity contribution is 5.89. The highest BCUT2D eigenvalue weighted by atomic mass is 16.6. The number of carbonyl (C=O) groups is 1. The van der Waals surface area contributed by atoms with Crippen LogP contribution in [0.4, 0.5) is 5.69 Å². The first kappa shape index (κ1) is 15.4. The number of nitrogens with zero attached hydrogens (tertiary/aromatic N) is 1. The van der Waals surface area contributed by atoms with Gasteiger partial charge in [-0.05, 0) is 29.7 Å². The third-order valence-corrected chi connectivity index (χ3v) is 3.07. The van der Waals surface area contributed by atoms with E-state index in [1.54, 1.807) is 12.1 Å². The van der Waals surface area contributed by atoms with Crippen LogP contribution in [0.15, 0.2) is 54.6 Å². The summed E-state index contributed by atoms with van der Waals surface area (Å²) in [5, 5.41) is 10.8. The van der Waals surface area contributed by atoms with Gasteiger partial charge in [-0.3, -0.25) is 10.1 Å². The van der Waals surface area contributed by atoms with Gasteiger partial charge in [-0.15, -0.1) is 0 Å². The van der Waals surface area contributed by atoms with Crippen molar-refractivity contribution < 1.29 is 14.5 Å². The second kappa shape index (κ2) is 7.17. The summed E-state index contributed by atoms with van der Waals surface area (Å²) in [4.78, 5) is 22.0. The lowest BCUT2D eigenvalue weighted by molar-refractivity contribution is -0.385. The minimum atomic E-state index is -0.658. The van der Waals surface area contributed by atoms with E-state index in [1.165, 1.54) is 29.8 Å². The molecule has 0 saturated heterocycles. The Morgan fingerprint density at radius 2 is 1.86 bits per heavy atom. The van der Waals surface area contributed by atoms with Gasteiger partial charge in [0.1, 0.15) is 0 Å². The van der Waals surface area contributed by atoms with Crippen LogP contribution in [0.5, 0.6) is 5.75 Å². The van der Waals surface area contributed by atoms with Crippen LogP contribution in [0.1, 0.15) is 18.1 Å². The molecule has 112 valence electrons. The van der Waals surface area contributed by atoms with E-state index in [4.69, 9.17) is 4.74 Å². The molecule has 2 aromatic carbocycles. The molecule has 0 bridgehead atoms. The summed E-state index contributed by atoms with van der Waals surface area (Å²) in [6.45, 7) is 2.06. The summed E-state index contributed by atoms with van der Waals surface area (Å²) in [5.74, 6) is -0.725. The average Bonchev–Trinajstić information content (AvgIpc) is 2.53. The van der Waals surface area contributed by atoms with Crippen LogP contribution >= 0.6 is 0 Å². The van der Waals surface area contributed by atoms with Crippen molar-refractivity contribution in [2.75, 3.05) is 0 Å². The largest absolute Gasteiger partial charge is 0.416 e. The number of ether oxygens (including phenoxy) is 1. The Bertz CT molecular complexity index is 705. The van der Waals surface area contributed by atoms with E-state index < -0.39 is 10.9 Å². The number of carbonyl (C=O) groups excluding carboxylic acids is 1. The van der Waals surface area contributed by atoms with Gasteiger partial charge in [0.15, 0.2) is 0 Å². The van der Waals surface area contributed by atoms with E-state index >= 15 is 0 Å². The second-order valence-corrected chi connectivity index (χ2v) is 4.57. The molecule has 0 saturated carbocycles. The predicted molar refractivity (Wildman–Crippen MR) is 83.6 cm³/mol. The Morgan fingerprint density at radius 3 is 2.50 bits per heavy atom. The normalized spacial score (nSPS) is 10.6. The topological polar surface area (TPSA) is 69.4 Å². The zero-order chi connectivity index (χ0) is 15.9. The van der Waals surface area contributed by atoms with Crippen LogP contribution in [0.25, 0.3) is 6.08 Å². The maximum atomic E-state index is 11.8. The third-order valence-electron chi connectivity index (χ3n) is 3.07. The van der Waals surface area contributed by atoms with E-state index in [-0.39, 0.29) is 11.4 Å². The molecule has 0 spiro atoms. The Balaban J connectivity index is 2.06. The lowest BCUT2D eigenvalue weighted by atomic mass is 10.1. The number of hydrogen-bond acceptors (Lipinski definition) is 4. The number of aryl methyl sites for hydroxylation is 1. The molecule has 0 heterocycles. The molecule has 5 nitrogen and oxygen atoms in total. The zero-order valence-corrected chi connectivity index (χ0v) is 12.1. The van der Waals surface area contributed by atoms with Crippen LogP contribution < -0.4 is 4.74 Å². The van der Waals surface area contributed by atoms with Crippen LogP contribution in [-0.2, 0) is 11.2 Å². The monoisotopic (exact) mass is 297 g/mol. The molecule has 0 amide bonds. The third kappa shape index (κ3) is 4.02. The Hall–Kier alpha value is -2.95. The molecule has 2 aromatic rings. The van der Waals surface area contributed by atoms with Gasteiger partial charge < -0.3 is 4.74 Å². The molecular weight excluding hydrogens is 282 g/mol. The molecule has 0 aliphatic rings. The van der Waals surface area contributed by atoms with Crippen molar-refractivity contribution in [3.63, 3.8) is 0 Å². The van der Waals surface area contributed by atoms with E-state index in [2.05, 4.69) is 6.92 Å². The Morgan fingerprint density at radius 1 is 1.18 bits per heavy atom. The minimum absolute atomic E-state index is 0.0662. The fraction of sp³-hybridized carbons (Fsp3) is 0.118.